The van der Waals surface area contributed by atoms with Gasteiger partial charge in [0.15, 0.2) is 0 Å². The molecule has 0 radical (unpaired) electrons. The number of rotatable bonds is 3. The van der Waals surface area contributed by atoms with Crippen LogP contribution in [0, 0.1) is 0 Å². The number of fused-ring (bicyclic) bond motifs is 1. The molecule has 1 aliphatic heterocycles. The Morgan fingerprint density at radius 3 is 3.04 bits per heavy atom. The van der Waals surface area contributed by atoms with Gasteiger partial charge in [-0.05, 0) is 23.3 Å². The lowest BCUT2D eigenvalue weighted by atomic mass is 10.0. The van der Waals surface area contributed by atoms with Crippen molar-refractivity contribution in [2.45, 2.75) is 12.6 Å². The molecule has 3 aromatic rings. The van der Waals surface area contributed by atoms with E-state index in [2.05, 4.69) is 50.7 Å². The Kier molecular flexibility index (Phi) is 4.04. The molecule has 4 rings (SSSR count). The van der Waals surface area contributed by atoms with Gasteiger partial charge in [0.1, 0.15) is 0 Å². The molecule has 1 saturated heterocycles. The fraction of sp³-hybridized carbons (Fsp3) is 0.278. The van der Waals surface area contributed by atoms with Crippen LogP contribution in [-0.4, -0.2) is 34.7 Å². The van der Waals surface area contributed by atoms with Crippen LogP contribution in [0.4, 0.5) is 0 Å². The molecule has 4 nitrogen and oxygen atoms in total. The van der Waals surface area contributed by atoms with Crippen molar-refractivity contribution in [1.29, 1.82) is 0 Å². The number of aromatic nitrogens is 2. The Bertz CT molecular complexity index is 813. The first-order chi connectivity index (χ1) is 11.3. The lowest BCUT2D eigenvalue weighted by molar-refractivity contribution is 0.154. The van der Waals surface area contributed by atoms with Crippen molar-refractivity contribution in [1.82, 2.24) is 20.4 Å². The van der Waals surface area contributed by atoms with Gasteiger partial charge < -0.3 is 5.32 Å². The molecule has 0 bridgehead atoms. The molecule has 23 heavy (non-hydrogen) atoms. The average Bonchev–Trinajstić information content (AvgIpc) is 3.04. The molecule has 5 heteroatoms. The van der Waals surface area contributed by atoms with Crippen LogP contribution in [0.3, 0.4) is 0 Å². The van der Waals surface area contributed by atoms with Crippen molar-refractivity contribution >= 4 is 22.5 Å². The standard InChI is InChI=1S/C18H19ClN4/c19-16-4-2-1-3-15(16)18-11-20-7-8-23(18)12-13-5-6-14-10-21-22-17(14)9-13/h1-6,9-10,18,20H,7-8,11-12H2,(H,21,22). The number of nitrogens with zero attached hydrogens (tertiary/aromatic N) is 2. The fourth-order valence-electron chi connectivity index (χ4n) is 3.30. The smallest absolute Gasteiger partial charge is 0.0653 e. The summed E-state index contributed by atoms with van der Waals surface area (Å²) >= 11 is 6.42. The topological polar surface area (TPSA) is 44.0 Å². The summed E-state index contributed by atoms with van der Waals surface area (Å²) in [7, 11) is 0. The van der Waals surface area contributed by atoms with E-state index in [1.54, 1.807) is 0 Å². The minimum atomic E-state index is 0.301. The van der Waals surface area contributed by atoms with Crippen LogP contribution in [0.5, 0.6) is 0 Å². The predicted molar refractivity (Wildman–Crippen MR) is 93.6 cm³/mol. The van der Waals surface area contributed by atoms with Gasteiger partial charge in [-0.15, -0.1) is 0 Å². The number of halogens is 1. The third-order valence-electron chi connectivity index (χ3n) is 4.51. The van der Waals surface area contributed by atoms with Gasteiger partial charge >= 0.3 is 0 Å². The van der Waals surface area contributed by atoms with Crippen LogP contribution in [0.1, 0.15) is 17.2 Å². The molecule has 0 amide bonds. The van der Waals surface area contributed by atoms with E-state index in [1.807, 2.05) is 18.3 Å². The average molecular weight is 327 g/mol. The third kappa shape index (κ3) is 2.98. The third-order valence-corrected chi connectivity index (χ3v) is 4.85. The van der Waals surface area contributed by atoms with E-state index in [-0.39, 0.29) is 0 Å². The highest BCUT2D eigenvalue weighted by atomic mass is 35.5. The maximum Gasteiger partial charge on any atom is 0.0653 e. The zero-order valence-corrected chi connectivity index (χ0v) is 13.6. The highest BCUT2D eigenvalue weighted by molar-refractivity contribution is 6.31. The van der Waals surface area contributed by atoms with E-state index in [9.17, 15) is 0 Å². The van der Waals surface area contributed by atoms with Crippen molar-refractivity contribution in [3.8, 4) is 0 Å². The first-order valence-corrected chi connectivity index (χ1v) is 8.30. The molecule has 2 aromatic carbocycles. The number of hydrogen-bond acceptors (Lipinski definition) is 3. The van der Waals surface area contributed by atoms with Crippen LogP contribution >= 0.6 is 11.6 Å². The summed E-state index contributed by atoms with van der Waals surface area (Å²) in [5.74, 6) is 0. The van der Waals surface area contributed by atoms with Gasteiger partial charge in [-0.25, -0.2) is 0 Å². The summed E-state index contributed by atoms with van der Waals surface area (Å²) in [4.78, 5) is 2.50. The summed E-state index contributed by atoms with van der Waals surface area (Å²) in [6.07, 6.45) is 1.86. The summed E-state index contributed by atoms with van der Waals surface area (Å²) in [6, 6.07) is 14.9. The molecule has 1 fully saturated rings. The van der Waals surface area contributed by atoms with Crippen LogP contribution in [0.2, 0.25) is 5.02 Å². The van der Waals surface area contributed by atoms with Gasteiger partial charge in [0.2, 0.25) is 0 Å². The van der Waals surface area contributed by atoms with E-state index >= 15 is 0 Å². The Balaban J connectivity index is 1.61. The molecule has 1 aliphatic rings. The predicted octanol–water partition coefficient (Wildman–Crippen LogP) is 3.36. The number of nitrogens with one attached hydrogen (secondary N) is 2. The van der Waals surface area contributed by atoms with Gasteiger partial charge in [0.25, 0.3) is 0 Å². The molecule has 0 spiro atoms. The molecule has 0 saturated carbocycles. The van der Waals surface area contributed by atoms with E-state index in [0.29, 0.717) is 6.04 Å². The summed E-state index contributed by atoms with van der Waals surface area (Å²) < 4.78 is 0. The quantitative estimate of drug-likeness (QED) is 0.775. The minimum Gasteiger partial charge on any atom is -0.314 e. The highest BCUT2D eigenvalue weighted by Gasteiger charge is 2.25. The van der Waals surface area contributed by atoms with Crippen LogP contribution in [0.15, 0.2) is 48.7 Å². The monoisotopic (exact) mass is 326 g/mol. The van der Waals surface area contributed by atoms with Crippen molar-refractivity contribution in [3.63, 3.8) is 0 Å². The number of piperazine rings is 1. The van der Waals surface area contributed by atoms with Crippen LogP contribution < -0.4 is 5.32 Å². The first-order valence-electron chi connectivity index (χ1n) is 7.92. The normalized spacial score (nSPS) is 19.3. The number of hydrogen-bond donors (Lipinski definition) is 2. The van der Waals surface area contributed by atoms with Gasteiger partial charge in [0, 0.05) is 42.6 Å². The van der Waals surface area contributed by atoms with Crippen molar-refractivity contribution in [3.05, 3.63) is 64.8 Å². The zero-order valence-electron chi connectivity index (χ0n) is 12.8. The molecule has 2 heterocycles. The van der Waals surface area contributed by atoms with Gasteiger partial charge in [-0.1, -0.05) is 41.9 Å². The molecule has 118 valence electrons. The van der Waals surface area contributed by atoms with Crippen LogP contribution in [-0.2, 0) is 6.54 Å². The van der Waals surface area contributed by atoms with Crippen molar-refractivity contribution in [2.24, 2.45) is 0 Å². The molecular weight excluding hydrogens is 308 g/mol. The van der Waals surface area contributed by atoms with E-state index < -0.39 is 0 Å². The maximum atomic E-state index is 6.42. The Morgan fingerprint density at radius 1 is 1.22 bits per heavy atom. The number of aromatic amines is 1. The number of H-pyrrole nitrogens is 1. The minimum absolute atomic E-state index is 0.301. The summed E-state index contributed by atoms with van der Waals surface area (Å²) in [6.45, 7) is 3.85. The van der Waals surface area contributed by atoms with Gasteiger partial charge in [-0.3, -0.25) is 10.00 Å². The molecule has 1 atom stereocenters. The second-order valence-corrected chi connectivity index (χ2v) is 6.41. The highest BCUT2D eigenvalue weighted by Crippen LogP contribution is 2.29. The zero-order chi connectivity index (χ0) is 15.6. The van der Waals surface area contributed by atoms with Crippen LogP contribution in [0.25, 0.3) is 10.9 Å². The van der Waals surface area contributed by atoms with Crippen molar-refractivity contribution < 1.29 is 0 Å². The van der Waals surface area contributed by atoms with Crippen molar-refractivity contribution in [2.75, 3.05) is 19.6 Å². The second-order valence-electron chi connectivity index (χ2n) is 6.00. The lowest BCUT2D eigenvalue weighted by Crippen LogP contribution is -2.45. The van der Waals surface area contributed by atoms with E-state index in [1.165, 1.54) is 11.1 Å². The molecule has 1 aromatic heterocycles. The molecule has 0 aliphatic carbocycles. The van der Waals surface area contributed by atoms with E-state index in [4.69, 9.17) is 11.6 Å². The lowest BCUT2D eigenvalue weighted by Gasteiger charge is -2.37. The second kappa shape index (κ2) is 6.32. The largest absolute Gasteiger partial charge is 0.314 e. The fourth-order valence-corrected chi connectivity index (χ4v) is 3.57. The maximum absolute atomic E-state index is 6.42. The Morgan fingerprint density at radius 2 is 2.13 bits per heavy atom. The van der Waals surface area contributed by atoms with Gasteiger partial charge in [0.05, 0.1) is 11.7 Å². The summed E-state index contributed by atoms with van der Waals surface area (Å²) in [5.41, 5.74) is 3.58. The van der Waals surface area contributed by atoms with E-state index in [0.717, 1.165) is 42.1 Å². The summed E-state index contributed by atoms with van der Waals surface area (Å²) in [5, 5.41) is 12.6. The SMILES string of the molecule is Clc1ccccc1C1CNCCN1Cc1ccc2cn[nH]c2c1. The molecular formula is C18H19ClN4. The Hall–Kier alpha value is -1.88. The first kappa shape index (κ1) is 14.7. The molecule has 1 unspecified atom stereocenters. The number of benzene rings is 2. The molecule has 2 N–H and O–H groups in total. The van der Waals surface area contributed by atoms with Gasteiger partial charge in [-0.2, -0.15) is 5.10 Å². The Labute approximate surface area is 140 Å².